The van der Waals surface area contributed by atoms with Crippen LogP contribution in [0.2, 0.25) is 0 Å². The summed E-state index contributed by atoms with van der Waals surface area (Å²) in [5.41, 5.74) is 0.761. The van der Waals surface area contributed by atoms with Gasteiger partial charge in [0.2, 0.25) is 17.8 Å². The van der Waals surface area contributed by atoms with Crippen molar-refractivity contribution in [2.75, 3.05) is 36.8 Å². The quantitative estimate of drug-likeness (QED) is 0.464. The topological polar surface area (TPSA) is 108 Å². The number of aryl methyl sites for hydroxylation is 1. The third-order valence-electron chi connectivity index (χ3n) is 2.57. The number of amides is 2. The fourth-order valence-electron chi connectivity index (χ4n) is 1.45. The Morgan fingerprint density at radius 3 is 2.22 bits per heavy atom. The molecule has 23 heavy (non-hydrogen) atoms. The minimum Gasteiger partial charge on any atom is -0.361 e. The van der Waals surface area contributed by atoms with Crippen LogP contribution in [0.3, 0.4) is 0 Å². The number of carbonyl (C=O) groups excluding carboxylic acids is 2. The first kappa shape index (κ1) is 17.8. The Labute approximate surface area is 134 Å². The molecule has 120 valence electrons. The zero-order chi connectivity index (χ0) is 17.1. The van der Waals surface area contributed by atoms with E-state index in [-0.39, 0.29) is 43.9 Å². The molecular formula is C15H18N6O2. The largest absolute Gasteiger partial charge is 0.361 e. The fraction of sp³-hybridized carbons (Fsp3) is 0.333. The predicted molar refractivity (Wildman–Crippen MR) is 87.4 cm³/mol. The monoisotopic (exact) mass is 314 g/mol. The molecule has 8 heteroatoms. The molecule has 1 aromatic heterocycles. The second kappa shape index (κ2) is 9.64. The van der Waals surface area contributed by atoms with Gasteiger partial charge in [0.25, 0.3) is 0 Å². The number of nitrogens with zero attached hydrogens (tertiary/aromatic N) is 2. The van der Waals surface area contributed by atoms with Crippen molar-refractivity contribution in [2.24, 2.45) is 0 Å². The molecule has 2 amide bonds. The van der Waals surface area contributed by atoms with E-state index in [0.717, 1.165) is 5.56 Å². The van der Waals surface area contributed by atoms with Crippen LogP contribution in [-0.2, 0) is 9.59 Å². The molecule has 0 spiro atoms. The molecule has 0 unspecified atom stereocenters. The molecule has 0 radical (unpaired) electrons. The molecule has 0 saturated heterocycles. The van der Waals surface area contributed by atoms with Gasteiger partial charge in [-0.1, -0.05) is 11.8 Å². The van der Waals surface area contributed by atoms with E-state index in [1.807, 2.05) is 0 Å². The Balaban J connectivity index is 2.55. The van der Waals surface area contributed by atoms with Crippen LogP contribution in [-0.4, -0.2) is 48.0 Å². The van der Waals surface area contributed by atoms with Crippen LogP contribution in [0.15, 0.2) is 6.20 Å². The van der Waals surface area contributed by atoms with E-state index >= 15 is 0 Å². The molecule has 4 N–H and O–H groups in total. The Bertz CT molecular complexity index is 644. The van der Waals surface area contributed by atoms with Gasteiger partial charge in [-0.15, -0.1) is 12.8 Å². The van der Waals surface area contributed by atoms with Crippen LogP contribution in [0, 0.1) is 31.6 Å². The molecular weight excluding hydrogens is 296 g/mol. The van der Waals surface area contributed by atoms with Crippen molar-refractivity contribution < 1.29 is 9.59 Å². The smallest absolute Gasteiger partial charge is 0.240 e. The van der Waals surface area contributed by atoms with Crippen LogP contribution in [0.1, 0.15) is 5.56 Å². The highest BCUT2D eigenvalue weighted by molar-refractivity contribution is 5.81. The minimum atomic E-state index is -0.268. The third kappa shape index (κ3) is 6.82. The lowest BCUT2D eigenvalue weighted by atomic mass is 10.3. The summed E-state index contributed by atoms with van der Waals surface area (Å²) in [5.74, 6) is 4.85. The van der Waals surface area contributed by atoms with Crippen molar-refractivity contribution in [3.8, 4) is 24.7 Å². The maximum atomic E-state index is 11.5. The molecule has 0 bridgehead atoms. The molecule has 0 aliphatic carbocycles. The Hall–Kier alpha value is -3.26. The summed E-state index contributed by atoms with van der Waals surface area (Å²) in [6, 6.07) is 0. The van der Waals surface area contributed by atoms with Crippen molar-refractivity contribution in [1.29, 1.82) is 0 Å². The number of hydrogen-bond donors (Lipinski definition) is 4. The molecule has 0 saturated carbocycles. The van der Waals surface area contributed by atoms with Crippen LogP contribution >= 0.6 is 0 Å². The Morgan fingerprint density at radius 1 is 1.09 bits per heavy atom. The van der Waals surface area contributed by atoms with E-state index in [2.05, 4.69) is 43.1 Å². The molecule has 1 aromatic rings. The predicted octanol–water partition coefficient (Wildman–Crippen LogP) is -0.892. The standard InChI is InChI=1S/C15H18N6O2/c1-4-6-16-12(22)9-18-14-11(3)8-19-15(21-14)20-10-13(23)17-7-5-2/h1-2,8H,6-7,9-10H2,3H3,(H,16,22)(H,17,23)(H2,18,19,20,21). The summed E-state index contributed by atoms with van der Waals surface area (Å²) in [4.78, 5) is 31.2. The van der Waals surface area contributed by atoms with Gasteiger partial charge in [-0.3, -0.25) is 9.59 Å². The third-order valence-corrected chi connectivity index (χ3v) is 2.57. The van der Waals surface area contributed by atoms with Gasteiger partial charge < -0.3 is 21.3 Å². The van der Waals surface area contributed by atoms with Crippen molar-refractivity contribution in [3.05, 3.63) is 11.8 Å². The lowest BCUT2D eigenvalue weighted by Crippen LogP contribution is -2.31. The molecule has 0 aromatic carbocycles. The number of terminal acetylenes is 2. The van der Waals surface area contributed by atoms with Gasteiger partial charge in [0.05, 0.1) is 26.2 Å². The molecule has 1 heterocycles. The average molecular weight is 314 g/mol. The minimum absolute atomic E-state index is 0.00711. The lowest BCUT2D eigenvalue weighted by molar-refractivity contribution is -0.119. The van der Waals surface area contributed by atoms with Gasteiger partial charge in [0.15, 0.2) is 0 Å². The van der Waals surface area contributed by atoms with Gasteiger partial charge in [-0.2, -0.15) is 4.98 Å². The van der Waals surface area contributed by atoms with Crippen molar-refractivity contribution in [3.63, 3.8) is 0 Å². The van der Waals surface area contributed by atoms with E-state index in [1.165, 1.54) is 0 Å². The number of aromatic nitrogens is 2. The first-order chi connectivity index (χ1) is 11.1. The lowest BCUT2D eigenvalue weighted by Gasteiger charge is -2.10. The van der Waals surface area contributed by atoms with Crippen molar-refractivity contribution >= 4 is 23.6 Å². The van der Waals surface area contributed by atoms with Gasteiger partial charge >= 0.3 is 0 Å². The maximum Gasteiger partial charge on any atom is 0.240 e. The number of rotatable bonds is 8. The summed E-state index contributed by atoms with van der Waals surface area (Å²) >= 11 is 0. The maximum absolute atomic E-state index is 11.5. The number of anilines is 2. The molecule has 0 aliphatic heterocycles. The van der Waals surface area contributed by atoms with E-state index in [1.54, 1.807) is 13.1 Å². The summed E-state index contributed by atoms with van der Waals surface area (Å²) in [5, 5.41) is 10.7. The van der Waals surface area contributed by atoms with Gasteiger partial charge in [0.1, 0.15) is 5.82 Å². The van der Waals surface area contributed by atoms with E-state index in [0.29, 0.717) is 5.82 Å². The van der Waals surface area contributed by atoms with Crippen LogP contribution < -0.4 is 21.3 Å². The second-order valence-corrected chi connectivity index (χ2v) is 4.39. The normalized spacial score (nSPS) is 9.17. The number of carbonyl (C=O) groups is 2. The number of hydrogen-bond acceptors (Lipinski definition) is 6. The molecule has 0 atom stereocenters. The highest BCUT2D eigenvalue weighted by Gasteiger charge is 2.07. The molecule has 0 fully saturated rings. The summed E-state index contributed by atoms with van der Waals surface area (Å²) in [6.45, 7) is 2.15. The Morgan fingerprint density at radius 2 is 1.65 bits per heavy atom. The van der Waals surface area contributed by atoms with Gasteiger partial charge in [-0.05, 0) is 6.92 Å². The summed E-state index contributed by atoms with van der Waals surface area (Å²) < 4.78 is 0. The van der Waals surface area contributed by atoms with Crippen molar-refractivity contribution in [2.45, 2.75) is 6.92 Å². The van der Waals surface area contributed by atoms with E-state index < -0.39 is 0 Å². The average Bonchev–Trinajstić information content (AvgIpc) is 2.56. The van der Waals surface area contributed by atoms with Gasteiger partial charge in [-0.25, -0.2) is 4.98 Å². The summed E-state index contributed by atoms with van der Waals surface area (Å²) in [7, 11) is 0. The van der Waals surface area contributed by atoms with Crippen molar-refractivity contribution in [1.82, 2.24) is 20.6 Å². The van der Waals surface area contributed by atoms with E-state index in [4.69, 9.17) is 12.8 Å². The molecule has 1 rings (SSSR count). The fourth-order valence-corrected chi connectivity index (χ4v) is 1.45. The highest BCUT2D eigenvalue weighted by Crippen LogP contribution is 2.11. The molecule has 8 nitrogen and oxygen atoms in total. The van der Waals surface area contributed by atoms with Crippen LogP contribution in [0.25, 0.3) is 0 Å². The second-order valence-electron chi connectivity index (χ2n) is 4.39. The highest BCUT2D eigenvalue weighted by atomic mass is 16.2. The van der Waals surface area contributed by atoms with Gasteiger partial charge in [0, 0.05) is 11.8 Å². The number of nitrogens with one attached hydrogen (secondary N) is 4. The molecule has 0 aliphatic rings. The Kier molecular flexibility index (Phi) is 7.45. The zero-order valence-electron chi connectivity index (χ0n) is 12.8. The SMILES string of the molecule is C#CCNC(=O)CNc1ncc(C)c(NCC(=O)NCC#C)n1. The zero-order valence-corrected chi connectivity index (χ0v) is 12.8. The first-order valence-corrected chi connectivity index (χ1v) is 6.78. The van der Waals surface area contributed by atoms with E-state index in [9.17, 15) is 9.59 Å². The van der Waals surface area contributed by atoms with Crippen LogP contribution in [0.5, 0.6) is 0 Å². The summed E-state index contributed by atoms with van der Waals surface area (Å²) in [6.07, 6.45) is 11.7. The first-order valence-electron chi connectivity index (χ1n) is 6.78. The van der Waals surface area contributed by atoms with Crippen LogP contribution in [0.4, 0.5) is 11.8 Å².